The molecule has 0 atom stereocenters. The molecule has 3 aromatic rings. The smallest absolute Gasteiger partial charge is 0.145 e. The summed E-state index contributed by atoms with van der Waals surface area (Å²) in [5.41, 5.74) is 4.51. The molecule has 2 aromatic heterocycles. The number of aromatic nitrogens is 4. The van der Waals surface area contributed by atoms with Crippen molar-refractivity contribution in [1.29, 1.82) is 10.5 Å². The van der Waals surface area contributed by atoms with E-state index >= 15 is 0 Å². The predicted octanol–water partition coefficient (Wildman–Crippen LogP) is 2.92. The Kier molecular flexibility index (Phi) is 4.32. The van der Waals surface area contributed by atoms with Crippen molar-refractivity contribution in [1.82, 2.24) is 19.6 Å². The van der Waals surface area contributed by atoms with Crippen LogP contribution in [0.4, 0.5) is 5.69 Å². The summed E-state index contributed by atoms with van der Waals surface area (Å²) in [6.45, 7) is 1.96. The third-order valence-corrected chi connectivity index (χ3v) is 3.63. The van der Waals surface area contributed by atoms with E-state index in [2.05, 4.69) is 15.5 Å². The number of nitriles is 2. The van der Waals surface area contributed by atoms with Crippen LogP contribution >= 0.6 is 0 Å². The van der Waals surface area contributed by atoms with E-state index in [9.17, 15) is 0 Å². The molecule has 0 spiro atoms. The largest absolute Gasteiger partial charge is 0.360 e. The topological polar surface area (TPSA) is 95.2 Å². The molecule has 0 fully saturated rings. The van der Waals surface area contributed by atoms with Crippen molar-refractivity contribution in [3.63, 3.8) is 0 Å². The third kappa shape index (κ3) is 3.41. The summed E-state index contributed by atoms with van der Waals surface area (Å²) in [7, 11) is 1.89. The Morgan fingerprint density at radius 2 is 1.84 bits per heavy atom. The lowest BCUT2D eigenvalue weighted by Gasteiger charge is -2.04. The van der Waals surface area contributed by atoms with Gasteiger partial charge in [-0.3, -0.25) is 4.68 Å². The number of hydrogen-bond donors (Lipinski definition) is 1. The molecule has 0 saturated heterocycles. The first kappa shape index (κ1) is 16.0. The van der Waals surface area contributed by atoms with Crippen LogP contribution in [0.1, 0.15) is 5.69 Å². The summed E-state index contributed by atoms with van der Waals surface area (Å²) in [6, 6.07) is 13.1. The van der Waals surface area contributed by atoms with Gasteiger partial charge in [-0.05, 0) is 37.3 Å². The molecule has 0 aliphatic carbocycles. The first-order valence-corrected chi connectivity index (χ1v) is 7.54. The molecule has 7 nitrogen and oxygen atoms in total. The minimum Gasteiger partial charge on any atom is -0.360 e. The van der Waals surface area contributed by atoms with Gasteiger partial charge in [-0.2, -0.15) is 20.7 Å². The molecule has 0 bridgehead atoms. The highest BCUT2D eigenvalue weighted by Gasteiger charge is 2.09. The van der Waals surface area contributed by atoms with E-state index in [1.165, 1.54) is 6.20 Å². The predicted molar refractivity (Wildman–Crippen MR) is 93.4 cm³/mol. The summed E-state index contributed by atoms with van der Waals surface area (Å²) in [6.07, 6.45) is 5.23. The van der Waals surface area contributed by atoms with Gasteiger partial charge in [0.1, 0.15) is 17.7 Å². The SMILES string of the molecule is Cc1nn(C)cc1-c1ccn(-c2ccc(NC=C(C#N)C#N)cc2)n1. The number of nitrogens with zero attached hydrogens (tertiary/aromatic N) is 6. The van der Waals surface area contributed by atoms with E-state index in [1.807, 2.05) is 56.7 Å². The van der Waals surface area contributed by atoms with Crippen molar-refractivity contribution in [2.24, 2.45) is 7.05 Å². The van der Waals surface area contributed by atoms with Crippen molar-refractivity contribution in [2.45, 2.75) is 6.92 Å². The average Bonchev–Trinajstić information content (AvgIpc) is 3.22. The Bertz CT molecular complexity index is 991. The number of allylic oxidation sites excluding steroid dienone is 1. The number of aryl methyl sites for hydroxylation is 2. The van der Waals surface area contributed by atoms with Crippen LogP contribution in [0.2, 0.25) is 0 Å². The fraction of sp³-hybridized carbons (Fsp3) is 0.111. The number of anilines is 1. The molecule has 0 aliphatic heterocycles. The van der Waals surface area contributed by atoms with E-state index in [4.69, 9.17) is 10.5 Å². The Morgan fingerprint density at radius 3 is 2.44 bits per heavy atom. The van der Waals surface area contributed by atoms with E-state index in [0.717, 1.165) is 28.3 Å². The Hall–Kier alpha value is -3.84. The fourth-order valence-electron chi connectivity index (χ4n) is 2.42. The molecule has 0 unspecified atom stereocenters. The zero-order chi connectivity index (χ0) is 17.8. The van der Waals surface area contributed by atoms with Gasteiger partial charge in [0.15, 0.2) is 0 Å². The maximum atomic E-state index is 8.72. The van der Waals surface area contributed by atoms with E-state index < -0.39 is 0 Å². The van der Waals surface area contributed by atoms with E-state index in [-0.39, 0.29) is 5.57 Å². The van der Waals surface area contributed by atoms with Crippen molar-refractivity contribution in [3.8, 4) is 29.1 Å². The molecule has 3 rings (SSSR count). The van der Waals surface area contributed by atoms with Crippen LogP contribution in [0.15, 0.2) is 54.5 Å². The van der Waals surface area contributed by atoms with Gasteiger partial charge < -0.3 is 5.32 Å². The van der Waals surface area contributed by atoms with Crippen molar-refractivity contribution in [3.05, 3.63) is 60.2 Å². The van der Waals surface area contributed by atoms with Crippen LogP contribution in [-0.2, 0) is 7.05 Å². The molecule has 0 aliphatic rings. The average molecular weight is 329 g/mol. The Morgan fingerprint density at radius 1 is 1.12 bits per heavy atom. The van der Waals surface area contributed by atoms with Crippen LogP contribution < -0.4 is 5.32 Å². The lowest BCUT2D eigenvalue weighted by atomic mass is 10.2. The zero-order valence-electron chi connectivity index (χ0n) is 13.8. The van der Waals surface area contributed by atoms with Crippen LogP contribution in [-0.4, -0.2) is 19.6 Å². The molecule has 122 valence electrons. The van der Waals surface area contributed by atoms with E-state index in [0.29, 0.717) is 0 Å². The normalized spacial score (nSPS) is 9.92. The highest BCUT2D eigenvalue weighted by molar-refractivity contribution is 5.61. The molecule has 1 N–H and O–H groups in total. The van der Waals surface area contributed by atoms with E-state index in [1.54, 1.807) is 21.5 Å². The third-order valence-electron chi connectivity index (χ3n) is 3.63. The highest BCUT2D eigenvalue weighted by atomic mass is 15.3. The van der Waals surface area contributed by atoms with Crippen LogP contribution in [0, 0.1) is 29.6 Å². The number of nitrogens with one attached hydrogen (secondary N) is 1. The lowest BCUT2D eigenvalue weighted by Crippen LogP contribution is -1.96. The minimum absolute atomic E-state index is 0.0210. The lowest BCUT2D eigenvalue weighted by molar-refractivity contribution is 0.756. The maximum Gasteiger partial charge on any atom is 0.145 e. The molecular weight excluding hydrogens is 314 g/mol. The Balaban J connectivity index is 1.80. The second-order valence-electron chi connectivity index (χ2n) is 5.42. The first-order valence-electron chi connectivity index (χ1n) is 7.54. The summed E-state index contributed by atoms with van der Waals surface area (Å²) in [4.78, 5) is 0. The van der Waals surface area contributed by atoms with Gasteiger partial charge in [-0.1, -0.05) is 0 Å². The van der Waals surface area contributed by atoms with Gasteiger partial charge in [-0.15, -0.1) is 0 Å². The first-order chi connectivity index (χ1) is 12.1. The number of hydrogen-bond acceptors (Lipinski definition) is 5. The Labute approximate surface area is 145 Å². The second kappa shape index (κ2) is 6.73. The fourth-order valence-corrected chi connectivity index (χ4v) is 2.42. The maximum absolute atomic E-state index is 8.72. The van der Waals surface area contributed by atoms with Crippen LogP contribution in [0.25, 0.3) is 16.9 Å². The van der Waals surface area contributed by atoms with Crippen LogP contribution in [0.3, 0.4) is 0 Å². The quantitative estimate of drug-likeness (QED) is 0.743. The van der Waals surface area contributed by atoms with Crippen molar-refractivity contribution < 1.29 is 0 Å². The molecule has 1 aromatic carbocycles. The number of benzene rings is 1. The molecular formula is C18H15N7. The molecule has 0 radical (unpaired) electrons. The van der Waals surface area contributed by atoms with Gasteiger partial charge >= 0.3 is 0 Å². The molecule has 0 amide bonds. The van der Waals surface area contributed by atoms with Gasteiger partial charge in [0, 0.05) is 36.9 Å². The highest BCUT2D eigenvalue weighted by Crippen LogP contribution is 2.21. The summed E-state index contributed by atoms with van der Waals surface area (Å²) in [5, 5.41) is 29.3. The summed E-state index contributed by atoms with van der Waals surface area (Å²) in [5.74, 6) is 0. The number of rotatable bonds is 4. The van der Waals surface area contributed by atoms with Gasteiger partial charge in [0.25, 0.3) is 0 Å². The van der Waals surface area contributed by atoms with Gasteiger partial charge in [-0.25, -0.2) is 4.68 Å². The second-order valence-corrected chi connectivity index (χ2v) is 5.42. The molecule has 0 saturated carbocycles. The monoisotopic (exact) mass is 329 g/mol. The van der Waals surface area contributed by atoms with Crippen LogP contribution in [0.5, 0.6) is 0 Å². The van der Waals surface area contributed by atoms with Crippen molar-refractivity contribution in [2.75, 3.05) is 5.32 Å². The van der Waals surface area contributed by atoms with Gasteiger partial charge in [0.2, 0.25) is 0 Å². The summed E-state index contributed by atoms with van der Waals surface area (Å²) < 4.78 is 3.56. The summed E-state index contributed by atoms with van der Waals surface area (Å²) >= 11 is 0. The van der Waals surface area contributed by atoms with Gasteiger partial charge in [0.05, 0.1) is 17.1 Å². The standard InChI is InChI=1S/C18H15N7/c1-13-17(12-24(2)22-13)18-7-8-25(23-18)16-5-3-15(4-6-16)21-11-14(9-19)10-20/h3-8,11-12,21H,1-2H3. The molecule has 7 heteroatoms. The minimum atomic E-state index is 0.0210. The van der Waals surface area contributed by atoms with Crippen molar-refractivity contribution >= 4 is 5.69 Å². The molecule has 2 heterocycles. The zero-order valence-corrected chi connectivity index (χ0v) is 13.8. The molecule has 25 heavy (non-hydrogen) atoms.